The molecule has 2 heteroatoms. The monoisotopic (exact) mass is 400 g/mol. The predicted molar refractivity (Wildman–Crippen MR) is 130 cm³/mol. The van der Waals surface area contributed by atoms with Gasteiger partial charge in [-0.2, -0.15) is 0 Å². The number of pyridine rings is 1. The molecule has 0 atom stereocenters. The van der Waals surface area contributed by atoms with Gasteiger partial charge in [0.2, 0.25) is 0 Å². The van der Waals surface area contributed by atoms with Gasteiger partial charge >= 0.3 is 0 Å². The molecule has 0 N–H and O–H groups in total. The maximum Gasteiger partial charge on any atom is 0.0708 e. The number of benzene rings is 1. The van der Waals surface area contributed by atoms with Crippen LogP contribution in [-0.2, 0) is 12.8 Å². The minimum absolute atomic E-state index is 0.958. The summed E-state index contributed by atoms with van der Waals surface area (Å²) >= 11 is 0. The Bertz CT molecular complexity index is 929. The van der Waals surface area contributed by atoms with Crippen LogP contribution in [0.1, 0.15) is 74.6 Å². The van der Waals surface area contributed by atoms with E-state index in [1.807, 2.05) is 0 Å². The van der Waals surface area contributed by atoms with E-state index < -0.39 is 0 Å². The van der Waals surface area contributed by atoms with Crippen molar-refractivity contribution in [2.75, 3.05) is 6.54 Å². The summed E-state index contributed by atoms with van der Waals surface area (Å²) in [5.74, 6) is 0.978. The van der Waals surface area contributed by atoms with Crippen LogP contribution >= 0.6 is 0 Å². The second kappa shape index (κ2) is 10.7. The largest absolute Gasteiger partial charge is 0.289 e. The van der Waals surface area contributed by atoms with Gasteiger partial charge in [0.25, 0.3) is 0 Å². The number of hydrogen-bond donors (Lipinski definition) is 0. The summed E-state index contributed by atoms with van der Waals surface area (Å²) < 4.78 is 0. The highest BCUT2D eigenvalue weighted by Crippen LogP contribution is 2.29. The number of allylic oxidation sites excluding steroid dienone is 3. The maximum absolute atomic E-state index is 4.93. The first-order valence-electron chi connectivity index (χ1n) is 12.0. The molecule has 0 spiro atoms. The highest BCUT2D eigenvalue weighted by atomic mass is 14.7. The van der Waals surface area contributed by atoms with Crippen molar-refractivity contribution < 1.29 is 0 Å². The van der Waals surface area contributed by atoms with E-state index in [-0.39, 0.29) is 0 Å². The van der Waals surface area contributed by atoms with Crippen molar-refractivity contribution in [3.05, 3.63) is 65.4 Å². The Morgan fingerprint density at radius 2 is 1.90 bits per heavy atom. The molecule has 0 amide bonds. The third kappa shape index (κ3) is 5.47. The summed E-state index contributed by atoms with van der Waals surface area (Å²) in [6.07, 6.45) is 23.1. The predicted octanol–water partition coefficient (Wildman–Crippen LogP) is 7.34. The summed E-state index contributed by atoms with van der Waals surface area (Å²) in [5.41, 5.74) is 6.53. The summed E-state index contributed by atoms with van der Waals surface area (Å²) in [5, 5.41) is 1.33. The van der Waals surface area contributed by atoms with Crippen LogP contribution in [0.2, 0.25) is 0 Å². The van der Waals surface area contributed by atoms with Crippen LogP contribution in [0.4, 0.5) is 0 Å². The molecule has 30 heavy (non-hydrogen) atoms. The number of aliphatic imine (C=N–C) groups is 1. The zero-order valence-corrected chi connectivity index (χ0v) is 18.6. The first-order chi connectivity index (χ1) is 14.8. The standard InChI is InChI=1S/C28H36N2/c1-22-25(17-4-2-3-12-23-13-5-6-14-23)26(27-18-7-8-20-28(27)30-22)19-11-16-24-15-9-10-21-29-24/h2,4,7-9,15,18,20,23H,3,5-6,10-14,16-17,19,21H2,1H3/b4-2+. The van der Waals surface area contributed by atoms with Gasteiger partial charge in [-0.15, -0.1) is 0 Å². The normalized spacial score (nSPS) is 17.3. The lowest BCUT2D eigenvalue weighted by molar-refractivity contribution is 0.508. The molecule has 0 radical (unpaired) electrons. The molecule has 4 rings (SSSR count). The summed E-state index contributed by atoms with van der Waals surface area (Å²) in [4.78, 5) is 9.60. The van der Waals surface area contributed by atoms with E-state index in [1.165, 1.54) is 66.4 Å². The van der Waals surface area contributed by atoms with Gasteiger partial charge in [-0.1, -0.05) is 62.1 Å². The second-order valence-electron chi connectivity index (χ2n) is 8.99. The molecule has 0 saturated heterocycles. The molecule has 0 bridgehead atoms. The molecule has 2 nitrogen and oxygen atoms in total. The van der Waals surface area contributed by atoms with Gasteiger partial charge in [0.1, 0.15) is 0 Å². The third-order valence-corrected chi connectivity index (χ3v) is 6.80. The number of fused-ring (bicyclic) bond motifs is 1. The molecule has 1 aromatic carbocycles. The van der Waals surface area contributed by atoms with Crippen LogP contribution in [-0.4, -0.2) is 17.2 Å². The first-order valence-corrected chi connectivity index (χ1v) is 12.0. The summed E-state index contributed by atoms with van der Waals surface area (Å²) in [6.45, 7) is 3.14. The highest BCUT2D eigenvalue weighted by Gasteiger charge is 2.14. The Kier molecular flexibility index (Phi) is 7.50. The molecule has 1 aromatic heterocycles. The number of rotatable bonds is 9. The molecule has 1 fully saturated rings. The average Bonchev–Trinajstić information content (AvgIpc) is 3.29. The van der Waals surface area contributed by atoms with Crippen molar-refractivity contribution in [3.8, 4) is 0 Å². The summed E-state index contributed by atoms with van der Waals surface area (Å²) in [7, 11) is 0. The maximum atomic E-state index is 4.93. The molecular weight excluding hydrogens is 364 g/mol. The van der Waals surface area contributed by atoms with E-state index in [1.54, 1.807) is 0 Å². The molecule has 1 aliphatic carbocycles. The van der Waals surface area contributed by atoms with Crippen LogP contribution in [0.25, 0.3) is 10.9 Å². The van der Waals surface area contributed by atoms with Gasteiger partial charge in [0.15, 0.2) is 0 Å². The van der Waals surface area contributed by atoms with E-state index in [9.17, 15) is 0 Å². The van der Waals surface area contributed by atoms with E-state index in [0.29, 0.717) is 0 Å². The highest BCUT2D eigenvalue weighted by molar-refractivity contribution is 5.95. The second-order valence-corrected chi connectivity index (χ2v) is 8.99. The lowest BCUT2D eigenvalue weighted by atomic mass is 9.93. The Labute approximate surface area is 182 Å². The smallest absolute Gasteiger partial charge is 0.0708 e. The quantitative estimate of drug-likeness (QED) is 0.404. The lowest BCUT2D eigenvalue weighted by Crippen LogP contribution is -2.04. The Balaban J connectivity index is 1.45. The van der Waals surface area contributed by atoms with Crippen molar-refractivity contribution in [3.63, 3.8) is 0 Å². The lowest BCUT2D eigenvalue weighted by Gasteiger charge is -2.15. The minimum Gasteiger partial charge on any atom is -0.289 e. The van der Waals surface area contributed by atoms with Crippen molar-refractivity contribution in [2.24, 2.45) is 10.9 Å². The Morgan fingerprint density at radius 3 is 2.73 bits per heavy atom. The molecule has 2 heterocycles. The average molecular weight is 401 g/mol. The fraction of sp³-hybridized carbons (Fsp3) is 0.500. The fourth-order valence-corrected chi connectivity index (χ4v) is 5.13. The first kappa shape index (κ1) is 21.0. The number of para-hydroxylation sites is 1. The zero-order valence-electron chi connectivity index (χ0n) is 18.6. The number of nitrogens with zero attached hydrogens (tertiary/aromatic N) is 2. The Morgan fingerprint density at radius 1 is 1.03 bits per heavy atom. The molecule has 2 aliphatic rings. The van der Waals surface area contributed by atoms with E-state index in [4.69, 9.17) is 4.98 Å². The summed E-state index contributed by atoms with van der Waals surface area (Å²) in [6, 6.07) is 8.66. The van der Waals surface area contributed by atoms with Gasteiger partial charge in [0, 0.05) is 23.3 Å². The van der Waals surface area contributed by atoms with Crippen molar-refractivity contribution in [2.45, 2.75) is 77.6 Å². The molecule has 0 unspecified atom stereocenters. The third-order valence-electron chi connectivity index (χ3n) is 6.80. The van der Waals surface area contributed by atoms with Crippen molar-refractivity contribution in [1.29, 1.82) is 0 Å². The number of aryl methyl sites for hydroxylation is 2. The SMILES string of the molecule is Cc1nc2ccccc2c(CCCC2=NCCC=C2)c1C/C=C/CCC1CCCC1. The minimum atomic E-state index is 0.958. The van der Waals surface area contributed by atoms with E-state index >= 15 is 0 Å². The van der Waals surface area contributed by atoms with Crippen molar-refractivity contribution >= 4 is 16.6 Å². The van der Waals surface area contributed by atoms with E-state index in [0.717, 1.165) is 50.1 Å². The topological polar surface area (TPSA) is 25.2 Å². The van der Waals surface area contributed by atoms with Crippen LogP contribution in [0.5, 0.6) is 0 Å². The number of dihydropyridines is 1. The van der Waals surface area contributed by atoms with Crippen LogP contribution in [0.3, 0.4) is 0 Å². The van der Waals surface area contributed by atoms with Crippen LogP contribution in [0.15, 0.2) is 53.6 Å². The molecule has 1 saturated carbocycles. The number of hydrogen-bond acceptors (Lipinski definition) is 2. The molecule has 1 aliphatic heterocycles. The molecular formula is C28H36N2. The zero-order chi connectivity index (χ0) is 20.6. The van der Waals surface area contributed by atoms with Gasteiger partial charge in [-0.3, -0.25) is 9.98 Å². The fourth-order valence-electron chi connectivity index (χ4n) is 5.13. The van der Waals surface area contributed by atoms with Crippen LogP contribution in [0, 0.1) is 12.8 Å². The van der Waals surface area contributed by atoms with Gasteiger partial charge < -0.3 is 0 Å². The van der Waals surface area contributed by atoms with E-state index in [2.05, 4.69) is 60.5 Å². The molecule has 158 valence electrons. The van der Waals surface area contributed by atoms with Gasteiger partial charge in [0.05, 0.1) is 5.52 Å². The van der Waals surface area contributed by atoms with Crippen molar-refractivity contribution in [1.82, 2.24) is 4.98 Å². The number of aromatic nitrogens is 1. The Hall–Kier alpha value is -2.22. The van der Waals surface area contributed by atoms with Gasteiger partial charge in [-0.25, -0.2) is 0 Å². The van der Waals surface area contributed by atoms with Gasteiger partial charge in [-0.05, 0) is 81.1 Å². The van der Waals surface area contributed by atoms with Crippen LogP contribution < -0.4 is 0 Å². The molecule has 2 aromatic rings.